The number of hydrogen-bond donors (Lipinski definition) is 2. The summed E-state index contributed by atoms with van der Waals surface area (Å²) >= 11 is 6.16. The van der Waals surface area contributed by atoms with E-state index in [1.165, 1.54) is 0 Å². The van der Waals surface area contributed by atoms with Crippen molar-refractivity contribution in [3.05, 3.63) is 41.0 Å². The minimum Gasteiger partial charge on any atom is -0.507 e. The van der Waals surface area contributed by atoms with Gasteiger partial charge in [0.05, 0.1) is 0 Å². The lowest BCUT2D eigenvalue weighted by atomic mass is 10.0. The maximum absolute atomic E-state index is 10.4. The van der Waals surface area contributed by atoms with Gasteiger partial charge in [0.25, 0.3) is 0 Å². The maximum Gasteiger partial charge on any atom is 0.175 e. The average Bonchev–Trinajstić information content (AvgIpc) is 2.63. The second kappa shape index (κ2) is 7.29. The number of benzene rings is 1. The first-order valence-electron chi connectivity index (χ1n) is 9.09. The van der Waals surface area contributed by atoms with E-state index >= 15 is 0 Å². The molecule has 1 aliphatic rings. The summed E-state index contributed by atoms with van der Waals surface area (Å²) in [6, 6.07) is 9.42. The molecule has 0 unspecified atom stereocenters. The highest BCUT2D eigenvalue weighted by Gasteiger charge is 2.21. The van der Waals surface area contributed by atoms with E-state index in [1.807, 2.05) is 25.1 Å². The molecule has 7 heteroatoms. The van der Waals surface area contributed by atoms with Crippen molar-refractivity contribution in [1.29, 1.82) is 0 Å². The summed E-state index contributed by atoms with van der Waals surface area (Å²) in [5.41, 5.74) is 2.87. The number of aromatic hydroxyl groups is 1. The highest BCUT2D eigenvalue weighted by molar-refractivity contribution is 6.30. The number of likely N-dealkylation sites (tertiary alicyclic amines) is 1. The largest absolute Gasteiger partial charge is 0.507 e. The number of piperidine rings is 1. The molecule has 0 aliphatic carbocycles. The van der Waals surface area contributed by atoms with Crippen LogP contribution in [0.5, 0.6) is 5.75 Å². The minimum absolute atomic E-state index is 0.176. The molecular formula is C20H22ClN5O. The zero-order chi connectivity index (χ0) is 19.0. The number of hydrogen-bond acceptors (Lipinski definition) is 6. The lowest BCUT2D eigenvalue weighted by Gasteiger charge is -2.30. The second-order valence-electron chi connectivity index (χ2n) is 7.19. The number of pyridine rings is 1. The molecule has 1 atom stereocenters. The molecule has 27 heavy (non-hydrogen) atoms. The summed E-state index contributed by atoms with van der Waals surface area (Å²) in [6.45, 7) is 3.99. The number of aryl methyl sites for hydroxylation is 1. The molecule has 0 spiro atoms. The van der Waals surface area contributed by atoms with E-state index in [1.54, 1.807) is 12.1 Å². The fraction of sp³-hybridized carbons (Fsp3) is 0.350. The van der Waals surface area contributed by atoms with Crippen LogP contribution in [0.15, 0.2) is 30.3 Å². The van der Waals surface area contributed by atoms with Gasteiger partial charge in [0.2, 0.25) is 0 Å². The van der Waals surface area contributed by atoms with Crippen molar-refractivity contribution in [3.8, 4) is 17.0 Å². The number of phenols is 1. The third kappa shape index (κ3) is 3.68. The van der Waals surface area contributed by atoms with Gasteiger partial charge in [-0.2, -0.15) is 0 Å². The van der Waals surface area contributed by atoms with Crippen LogP contribution >= 0.6 is 11.6 Å². The van der Waals surface area contributed by atoms with E-state index in [2.05, 4.69) is 32.4 Å². The van der Waals surface area contributed by atoms with E-state index in [0.29, 0.717) is 33.8 Å². The normalized spacial score (nSPS) is 18.0. The van der Waals surface area contributed by atoms with Crippen LogP contribution in [-0.4, -0.2) is 51.4 Å². The number of fused-ring (bicyclic) bond motifs is 1. The minimum atomic E-state index is 0.176. The fourth-order valence-corrected chi connectivity index (χ4v) is 3.77. The molecule has 1 aliphatic heterocycles. The summed E-state index contributed by atoms with van der Waals surface area (Å²) < 4.78 is 0. The van der Waals surface area contributed by atoms with Gasteiger partial charge in [0.15, 0.2) is 5.82 Å². The number of phenolic OH excluding ortho intramolecular Hbond substituents is 1. The van der Waals surface area contributed by atoms with E-state index < -0.39 is 0 Å². The molecule has 1 fully saturated rings. The Bertz CT molecular complexity index is 994. The van der Waals surface area contributed by atoms with Gasteiger partial charge in [-0.3, -0.25) is 0 Å². The Morgan fingerprint density at radius 2 is 2.07 bits per heavy atom. The molecule has 1 saturated heterocycles. The zero-order valence-electron chi connectivity index (χ0n) is 15.4. The van der Waals surface area contributed by atoms with Crippen LogP contribution in [0.3, 0.4) is 0 Å². The Morgan fingerprint density at radius 3 is 2.85 bits per heavy atom. The van der Waals surface area contributed by atoms with Crippen LogP contribution in [0.4, 0.5) is 5.82 Å². The highest BCUT2D eigenvalue weighted by atomic mass is 35.5. The van der Waals surface area contributed by atoms with Crippen LogP contribution in [0.2, 0.25) is 5.15 Å². The molecular weight excluding hydrogens is 362 g/mol. The molecule has 0 amide bonds. The molecule has 2 N–H and O–H groups in total. The summed E-state index contributed by atoms with van der Waals surface area (Å²) in [4.78, 5) is 6.80. The molecule has 0 saturated carbocycles. The predicted molar refractivity (Wildman–Crippen MR) is 108 cm³/mol. The van der Waals surface area contributed by atoms with Gasteiger partial charge in [-0.25, -0.2) is 4.98 Å². The SMILES string of the molecule is Cc1ccc(-c2nnc(N[C@@H]3CCCN(C)C3)c3nc(Cl)ccc23)c(O)c1. The maximum atomic E-state index is 10.4. The first kappa shape index (κ1) is 17.9. The first-order valence-corrected chi connectivity index (χ1v) is 9.47. The lowest BCUT2D eigenvalue weighted by Crippen LogP contribution is -2.40. The summed E-state index contributed by atoms with van der Waals surface area (Å²) in [5, 5.41) is 23.9. The van der Waals surface area contributed by atoms with Crippen molar-refractivity contribution in [1.82, 2.24) is 20.1 Å². The third-order valence-corrected chi connectivity index (χ3v) is 5.17. The van der Waals surface area contributed by atoms with Crippen LogP contribution < -0.4 is 5.32 Å². The van der Waals surface area contributed by atoms with Gasteiger partial charge in [-0.15, -0.1) is 10.2 Å². The Morgan fingerprint density at radius 1 is 1.22 bits per heavy atom. The molecule has 1 aromatic carbocycles. The monoisotopic (exact) mass is 383 g/mol. The Labute approximate surface area is 163 Å². The predicted octanol–water partition coefficient (Wildman–Crippen LogP) is 3.87. The number of nitrogens with zero attached hydrogens (tertiary/aromatic N) is 4. The van der Waals surface area contributed by atoms with Gasteiger partial charge >= 0.3 is 0 Å². The Balaban J connectivity index is 1.79. The number of nitrogens with one attached hydrogen (secondary N) is 1. The smallest absolute Gasteiger partial charge is 0.175 e. The van der Waals surface area contributed by atoms with Gasteiger partial charge < -0.3 is 15.3 Å². The van der Waals surface area contributed by atoms with E-state index in [4.69, 9.17) is 11.6 Å². The number of rotatable bonds is 3. The molecule has 6 nitrogen and oxygen atoms in total. The van der Waals surface area contributed by atoms with E-state index in [9.17, 15) is 5.11 Å². The molecule has 4 rings (SSSR count). The highest BCUT2D eigenvalue weighted by Crippen LogP contribution is 2.35. The first-order chi connectivity index (χ1) is 13.0. The zero-order valence-corrected chi connectivity index (χ0v) is 16.2. The van der Waals surface area contributed by atoms with E-state index in [-0.39, 0.29) is 5.75 Å². The van der Waals surface area contributed by atoms with Gasteiger partial charge in [-0.1, -0.05) is 17.7 Å². The molecule has 0 radical (unpaired) electrons. The number of halogens is 1. The Hall–Kier alpha value is -2.44. The number of aromatic nitrogens is 3. The third-order valence-electron chi connectivity index (χ3n) is 4.96. The average molecular weight is 384 g/mol. The molecule has 3 aromatic rings. The Kier molecular flexibility index (Phi) is 4.85. The van der Waals surface area contributed by atoms with Crippen LogP contribution in [-0.2, 0) is 0 Å². The van der Waals surface area contributed by atoms with Gasteiger partial charge in [0.1, 0.15) is 22.1 Å². The fourth-order valence-electron chi connectivity index (χ4n) is 3.62. The standard InChI is InChI=1S/C20H22ClN5O/c1-12-5-6-14(16(27)10-12)18-15-7-8-17(21)23-19(15)20(25-24-18)22-13-4-3-9-26(2)11-13/h5-8,10,13,27H,3-4,9,11H2,1-2H3,(H,22,25)/t13-/m1/s1. The van der Waals surface area contributed by atoms with Crippen molar-refractivity contribution in [2.75, 3.05) is 25.5 Å². The lowest BCUT2D eigenvalue weighted by molar-refractivity contribution is 0.261. The van der Waals surface area contributed by atoms with Crippen molar-refractivity contribution < 1.29 is 5.11 Å². The van der Waals surface area contributed by atoms with Crippen molar-refractivity contribution in [3.63, 3.8) is 0 Å². The van der Waals surface area contributed by atoms with Gasteiger partial charge in [0, 0.05) is 23.5 Å². The molecule has 3 heterocycles. The topological polar surface area (TPSA) is 74.2 Å². The van der Waals surface area contributed by atoms with E-state index in [0.717, 1.165) is 36.9 Å². The van der Waals surface area contributed by atoms with Crippen molar-refractivity contribution >= 4 is 28.3 Å². The number of likely N-dealkylation sites (N-methyl/N-ethyl adjacent to an activating group) is 1. The van der Waals surface area contributed by atoms with Gasteiger partial charge in [-0.05, 0) is 63.2 Å². The van der Waals surface area contributed by atoms with Crippen LogP contribution in [0.25, 0.3) is 22.2 Å². The number of anilines is 1. The van der Waals surface area contributed by atoms with Crippen LogP contribution in [0, 0.1) is 6.92 Å². The molecule has 0 bridgehead atoms. The summed E-state index contributed by atoms with van der Waals surface area (Å²) in [7, 11) is 2.12. The van der Waals surface area contributed by atoms with Crippen molar-refractivity contribution in [2.24, 2.45) is 0 Å². The van der Waals surface area contributed by atoms with Crippen LogP contribution in [0.1, 0.15) is 18.4 Å². The quantitative estimate of drug-likeness (QED) is 0.669. The summed E-state index contributed by atoms with van der Waals surface area (Å²) in [5.74, 6) is 0.804. The van der Waals surface area contributed by atoms with Crippen molar-refractivity contribution in [2.45, 2.75) is 25.8 Å². The second-order valence-corrected chi connectivity index (χ2v) is 7.58. The summed E-state index contributed by atoms with van der Waals surface area (Å²) in [6.07, 6.45) is 2.22. The molecule has 2 aromatic heterocycles. The molecule has 140 valence electrons.